The van der Waals surface area contributed by atoms with Gasteiger partial charge in [-0.25, -0.2) is 0 Å². The maximum atomic E-state index is 5.51. The predicted octanol–water partition coefficient (Wildman–Crippen LogP) is 3.15. The number of rotatable bonds is 4. The van der Waals surface area contributed by atoms with Gasteiger partial charge in [0.1, 0.15) is 0 Å². The second-order valence-corrected chi connectivity index (χ2v) is 4.41. The highest BCUT2D eigenvalue weighted by Gasteiger charge is 2.04. The van der Waals surface area contributed by atoms with Crippen LogP contribution in [0, 0.1) is 0 Å². The molecule has 1 rings (SSSR count). The molecule has 1 aromatic carbocycles. The third-order valence-electron chi connectivity index (χ3n) is 2.06. The van der Waals surface area contributed by atoms with Crippen molar-refractivity contribution in [3.8, 4) is 0 Å². The van der Waals surface area contributed by atoms with E-state index in [2.05, 4.69) is 37.7 Å². The van der Waals surface area contributed by atoms with Crippen molar-refractivity contribution in [3.05, 3.63) is 23.8 Å². The number of aliphatic imine (C=N–C) groups is 1. The molecular weight excluding hydrogens is 192 g/mol. The van der Waals surface area contributed by atoms with Crippen LogP contribution in [0.2, 0.25) is 0 Å². The molecule has 0 atom stereocenters. The number of hydrogen-bond acceptors (Lipinski definition) is 3. The molecule has 0 fully saturated rings. The molecule has 3 heteroatoms. The molecule has 0 radical (unpaired) electrons. The monoisotopic (exact) mass is 208 g/mol. The molecule has 0 amide bonds. The van der Waals surface area contributed by atoms with E-state index in [9.17, 15) is 0 Å². The van der Waals surface area contributed by atoms with Crippen molar-refractivity contribution >= 4 is 24.2 Å². The summed E-state index contributed by atoms with van der Waals surface area (Å²) in [5, 5.41) is 0. The maximum absolute atomic E-state index is 5.51. The molecule has 0 unspecified atom stereocenters. The summed E-state index contributed by atoms with van der Waals surface area (Å²) < 4.78 is 0. The van der Waals surface area contributed by atoms with E-state index < -0.39 is 0 Å². The van der Waals surface area contributed by atoms with E-state index >= 15 is 0 Å². The van der Waals surface area contributed by atoms with Gasteiger partial charge in [0.25, 0.3) is 0 Å². The molecule has 0 bridgehead atoms. The van der Waals surface area contributed by atoms with E-state index in [1.807, 2.05) is 6.07 Å². The van der Waals surface area contributed by atoms with Crippen LogP contribution in [0.4, 0.5) is 5.69 Å². The van der Waals surface area contributed by atoms with Crippen molar-refractivity contribution in [1.82, 2.24) is 0 Å². The minimum absolute atomic E-state index is 0.533. The SMILES string of the molecule is C=Nc1ccc(C(C)C)cc1SCN. The number of hydrogen-bond donors (Lipinski definition) is 1. The van der Waals surface area contributed by atoms with E-state index in [4.69, 9.17) is 5.73 Å². The van der Waals surface area contributed by atoms with E-state index in [1.165, 1.54) is 5.56 Å². The van der Waals surface area contributed by atoms with Crippen LogP contribution in [0.5, 0.6) is 0 Å². The molecule has 0 saturated carbocycles. The van der Waals surface area contributed by atoms with Crippen molar-refractivity contribution in [2.75, 3.05) is 5.88 Å². The predicted molar refractivity (Wildman–Crippen MR) is 64.7 cm³/mol. The Morgan fingerprint density at radius 1 is 1.50 bits per heavy atom. The molecule has 0 saturated heterocycles. The van der Waals surface area contributed by atoms with Gasteiger partial charge in [0.15, 0.2) is 0 Å². The fourth-order valence-corrected chi connectivity index (χ4v) is 1.91. The smallest absolute Gasteiger partial charge is 0.0758 e. The Morgan fingerprint density at radius 3 is 2.71 bits per heavy atom. The number of thioether (sulfide) groups is 1. The lowest BCUT2D eigenvalue weighted by Crippen LogP contribution is -1.93. The van der Waals surface area contributed by atoms with Gasteiger partial charge in [-0.3, -0.25) is 4.99 Å². The Kier molecular flexibility index (Phi) is 4.17. The lowest BCUT2D eigenvalue weighted by molar-refractivity contribution is 0.862. The lowest BCUT2D eigenvalue weighted by atomic mass is 10.0. The van der Waals surface area contributed by atoms with Crippen LogP contribution < -0.4 is 5.73 Å². The molecular formula is C11H16N2S. The minimum Gasteiger partial charge on any atom is -0.322 e. The maximum Gasteiger partial charge on any atom is 0.0758 e. The van der Waals surface area contributed by atoms with Gasteiger partial charge >= 0.3 is 0 Å². The molecule has 0 aromatic heterocycles. The van der Waals surface area contributed by atoms with Gasteiger partial charge in [0, 0.05) is 10.8 Å². The van der Waals surface area contributed by atoms with Gasteiger partial charge in [0.05, 0.1) is 5.69 Å². The topological polar surface area (TPSA) is 38.4 Å². The lowest BCUT2D eigenvalue weighted by Gasteiger charge is -2.09. The van der Waals surface area contributed by atoms with Crippen LogP contribution in [-0.2, 0) is 0 Å². The molecule has 0 aliphatic carbocycles. The summed E-state index contributed by atoms with van der Waals surface area (Å²) in [6.45, 7) is 7.89. The average molecular weight is 208 g/mol. The normalized spacial score (nSPS) is 10.6. The van der Waals surface area contributed by atoms with Crippen molar-refractivity contribution in [2.45, 2.75) is 24.7 Å². The molecule has 0 aliphatic rings. The van der Waals surface area contributed by atoms with E-state index in [0.717, 1.165) is 10.6 Å². The zero-order valence-corrected chi connectivity index (χ0v) is 9.47. The van der Waals surface area contributed by atoms with E-state index in [-0.39, 0.29) is 0 Å². The second-order valence-electron chi connectivity index (χ2n) is 3.35. The third kappa shape index (κ3) is 2.59. The Bertz CT molecular complexity index is 321. The van der Waals surface area contributed by atoms with Crippen LogP contribution >= 0.6 is 11.8 Å². The standard InChI is InChI=1S/C11H16N2S/c1-8(2)9-4-5-10(13-3)11(6-9)14-7-12/h4-6,8H,3,7,12H2,1-2H3. The van der Waals surface area contributed by atoms with Gasteiger partial charge < -0.3 is 5.73 Å². The van der Waals surface area contributed by atoms with Gasteiger partial charge in [-0.05, 0) is 30.3 Å². The van der Waals surface area contributed by atoms with Crippen LogP contribution in [0.25, 0.3) is 0 Å². The number of nitrogens with two attached hydrogens (primary N) is 1. The molecule has 2 N–H and O–H groups in total. The number of nitrogens with zero attached hydrogens (tertiary/aromatic N) is 1. The first kappa shape index (κ1) is 11.3. The first-order valence-corrected chi connectivity index (χ1v) is 5.61. The van der Waals surface area contributed by atoms with Gasteiger partial charge in [-0.15, -0.1) is 11.8 Å². The first-order valence-electron chi connectivity index (χ1n) is 4.62. The first-order chi connectivity index (χ1) is 6.69. The van der Waals surface area contributed by atoms with E-state index in [0.29, 0.717) is 11.8 Å². The zero-order valence-electron chi connectivity index (χ0n) is 8.66. The van der Waals surface area contributed by atoms with Crippen LogP contribution in [0.1, 0.15) is 25.3 Å². The fourth-order valence-electron chi connectivity index (χ4n) is 1.23. The summed E-state index contributed by atoms with van der Waals surface area (Å²) in [5.41, 5.74) is 7.75. The van der Waals surface area contributed by atoms with E-state index in [1.54, 1.807) is 11.8 Å². The fraction of sp³-hybridized carbons (Fsp3) is 0.364. The highest BCUT2D eigenvalue weighted by molar-refractivity contribution is 7.99. The average Bonchev–Trinajstić information content (AvgIpc) is 2.18. The van der Waals surface area contributed by atoms with Gasteiger partial charge in [-0.2, -0.15) is 0 Å². The summed E-state index contributed by atoms with van der Waals surface area (Å²) in [7, 11) is 0. The summed E-state index contributed by atoms with van der Waals surface area (Å²) in [5.74, 6) is 1.11. The number of benzene rings is 1. The van der Waals surface area contributed by atoms with Gasteiger partial charge in [-0.1, -0.05) is 19.9 Å². The summed E-state index contributed by atoms with van der Waals surface area (Å²) in [6, 6.07) is 6.24. The molecule has 76 valence electrons. The highest BCUT2D eigenvalue weighted by Crippen LogP contribution is 2.31. The molecule has 14 heavy (non-hydrogen) atoms. The second kappa shape index (κ2) is 5.17. The van der Waals surface area contributed by atoms with Crippen molar-refractivity contribution < 1.29 is 0 Å². The molecule has 0 heterocycles. The largest absolute Gasteiger partial charge is 0.322 e. The van der Waals surface area contributed by atoms with Crippen LogP contribution in [-0.4, -0.2) is 12.6 Å². The zero-order chi connectivity index (χ0) is 10.6. The Hall–Kier alpha value is -0.800. The van der Waals surface area contributed by atoms with Crippen LogP contribution in [0.3, 0.4) is 0 Å². The van der Waals surface area contributed by atoms with Crippen molar-refractivity contribution in [2.24, 2.45) is 10.7 Å². The molecule has 2 nitrogen and oxygen atoms in total. The molecule has 0 aliphatic heterocycles. The van der Waals surface area contributed by atoms with Gasteiger partial charge in [0.2, 0.25) is 0 Å². The van der Waals surface area contributed by atoms with Crippen LogP contribution in [0.15, 0.2) is 28.1 Å². The summed E-state index contributed by atoms with van der Waals surface area (Å²) in [6.07, 6.45) is 0. The Morgan fingerprint density at radius 2 is 2.21 bits per heavy atom. The molecule has 0 spiro atoms. The Labute approximate surface area is 89.6 Å². The minimum atomic E-state index is 0.533. The quantitative estimate of drug-likeness (QED) is 0.469. The molecule has 1 aromatic rings. The van der Waals surface area contributed by atoms with Crippen molar-refractivity contribution in [3.63, 3.8) is 0 Å². The highest BCUT2D eigenvalue weighted by atomic mass is 32.2. The summed E-state index contributed by atoms with van der Waals surface area (Å²) >= 11 is 1.60. The summed E-state index contributed by atoms with van der Waals surface area (Å²) in [4.78, 5) is 5.08. The van der Waals surface area contributed by atoms with Crippen molar-refractivity contribution in [1.29, 1.82) is 0 Å². The third-order valence-corrected chi connectivity index (χ3v) is 2.86. The Balaban J connectivity index is 3.06.